The number of hydrogen-bond acceptors (Lipinski definition) is 8. The first-order chi connectivity index (χ1) is 40.8. The van der Waals surface area contributed by atoms with Gasteiger partial charge in [-0.1, -0.05) is 272 Å². The van der Waals surface area contributed by atoms with Crippen molar-refractivity contribution in [3.8, 4) is 45.3 Å². The maximum absolute atomic E-state index is 7.88. The zero-order chi connectivity index (χ0) is 57.9. The van der Waals surface area contributed by atoms with Crippen LogP contribution in [-0.2, 0) is 51.3 Å². The van der Waals surface area contributed by atoms with Crippen molar-refractivity contribution in [3.63, 3.8) is 0 Å². The van der Waals surface area contributed by atoms with Gasteiger partial charge < -0.3 is 18.5 Å². The van der Waals surface area contributed by atoms with Crippen molar-refractivity contribution in [3.05, 3.63) is 310 Å². The lowest BCUT2D eigenvalue weighted by atomic mass is 9.66. The van der Waals surface area contributed by atoms with E-state index in [0.717, 1.165) is 66.8 Å². The highest BCUT2D eigenvalue weighted by Gasteiger charge is 2.70. The predicted octanol–water partition coefficient (Wildman–Crippen LogP) is 19.0. The summed E-state index contributed by atoms with van der Waals surface area (Å²) in [5, 5.41) is 0. The van der Waals surface area contributed by atoms with Gasteiger partial charge in [0.05, 0.1) is 14.2 Å². The van der Waals surface area contributed by atoms with Gasteiger partial charge in [0.1, 0.15) is 23.0 Å². The van der Waals surface area contributed by atoms with Crippen molar-refractivity contribution in [2.24, 2.45) is 0 Å². The predicted molar refractivity (Wildman–Crippen MR) is 335 cm³/mol. The normalized spacial score (nSPS) is 17.3. The summed E-state index contributed by atoms with van der Waals surface area (Å²) < 4.78 is 59.5. The van der Waals surface area contributed by atoms with Gasteiger partial charge in [-0.05, 0) is 79.6 Å². The average molecular weight is 1150 g/mol. The maximum Gasteiger partial charge on any atom is 0.400 e. The molecule has 420 valence electrons. The van der Waals surface area contributed by atoms with Crippen LogP contribution in [0.25, 0.3) is 22.3 Å². The van der Waals surface area contributed by atoms with E-state index in [1.165, 1.54) is 0 Å². The Kier molecular flexibility index (Phi) is 14.2. The van der Waals surface area contributed by atoms with Crippen LogP contribution in [0.4, 0.5) is 0 Å². The third kappa shape index (κ3) is 8.80. The molecule has 1 unspecified atom stereocenters. The van der Waals surface area contributed by atoms with Gasteiger partial charge in [-0.2, -0.15) is 0 Å². The molecular formula is C74H66O8P2. The highest BCUT2D eigenvalue weighted by molar-refractivity contribution is 7.42. The van der Waals surface area contributed by atoms with Gasteiger partial charge in [-0.3, -0.25) is 18.1 Å². The lowest BCUT2D eigenvalue weighted by Gasteiger charge is -2.43. The number of methoxy groups -OCH3 is 2. The molecule has 0 amide bonds. The molecule has 0 radical (unpaired) electrons. The third-order valence-corrected chi connectivity index (χ3v) is 19.0. The molecule has 13 rings (SSSR count). The van der Waals surface area contributed by atoms with E-state index in [9.17, 15) is 0 Å². The fourth-order valence-electron chi connectivity index (χ4n) is 12.9. The monoisotopic (exact) mass is 1140 g/mol. The summed E-state index contributed by atoms with van der Waals surface area (Å²) in [6, 6.07) is 87.6. The van der Waals surface area contributed by atoms with Gasteiger partial charge >= 0.3 is 17.2 Å². The van der Waals surface area contributed by atoms with Crippen LogP contribution in [0.1, 0.15) is 97.2 Å². The van der Waals surface area contributed by atoms with Crippen molar-refractivity contribution in [2.75, 3.05) is 14.2 Å². The molecule has 84 heavy (non-hydrogen) atoms. The maximum atomic E-state index is 7.88. The summed E-state index contributed by atoms with van der Waals surface area (Å²) in [7, 11) is -1.24. The van der Waals surface area contributed by atoms with Gasteiger partial charge in [-0.15, -0.1) is 0 Å². The molecule has 8 nitrogen and oxygen atoms in total. The summed E-state index contributed by atoms with van der Waals surface area (Å²) >= 11 is 0. The molecule has 1 atom stereocenters. The number of ether oxygens (including phenoxy) is 2. The standard InChI is InChI=1S/C74H66O8P2/c1-69(2,3)65-49-57(75-7)47-61(67(65)77-83-79-71(51-31-15-9-16-32-51,52-33-17-10-18-34-52)72(80-83,53-35-19-11-20-36-53)54-37-21-12-22-38-54)62-48-58(76-8)50-66(70(4,5)6)68(62)78-84-81-73(55-39-23-13-24-40-55,56-41-25-14-26-42-56)74(82-84)63-45-29-27-43-59(63)60-44-28-30-46-64(60)74/h9-50H,1-8H3. The Morgan fingerprint density at radius 3 is 0.821 bits per heavy atom. The van der Waals surface area contributed by atoms with E-state index in [1.54, 1.807) is 14.2 Å². The molecule has 10 aromatic rings. The highest BCUT2D eigenvalue weighted by Crippen LogP contribution is 2.75. The van der Waals surface area contributed by atoms with Crippen LogP contribution in [0, 0.1) is 0 Å². The molecule has 2 fully saturated rings. The van der Waals surface area contributed by atoms with E-state index >= 15 is 0 Å². The molecule has 2 heterocycles. The smallest absolute Gasteiger partial charge is 0.400 e. The van der Waals surface area contributed by atoms with Crippen LogP contribution in [0.15, 0.2) is 255 Å². The van der Waals surface area contributed by atoms with Crippen LogP contribution < -0.4 is 18.5 Å². The Bertz CT molecular complexity index is 3520. The fourth-order valence-corrected chi connectivity index (χ4v) is 16.0. The minimum absolute atomic E-state index is 0.526. The van der Waals surface area contributed by atoms with E-state index in [2.05, 4.69) is 248 Å². The largest absolute Gasteiger partial charge is 0.497 e. The van der Waals surface area contributed by atoms with E-state index in [-0.39, 0.29) is 0 Å². The van der Waals surface area contributed by atoms with Gasteiger partial charge in [-0.25, -0.2) is 0 Å². The minimum atomic E-state index is -2.32. The highest BCUT2D eigenvalue weighted by atomic mass is 31.2. The van der Waals surface area contributed by atoms with Crippen molar-refractivity contribution >= 4 is 17.2 Å². The number of benzene rings is 10. The molecule has 1 aliphatic carbocycles. The Hall–Kier alpha value is -7.90. The van der Waals surface area contributed by atoms with Crippen molar-refractivity contribution < 1.29 is 36.6 Å². The van der Waals surface area contributed by atoms with Crippen LogP contribution in [0.5, 0.6) is 23.0 Å². The average Bonchev–Trinajstić information content (AvgIpc) is 1.52. The zero-order valence-electron chi connectivity index (χ0n) is 48.4. The van der Waals surface area contributed by atoms with Crippen molar-refractivity contribution in [1.82, 2.24) is 0 Å². The Morgan fingerprint density at radius 1 is 0.298 bits per heavy atom. The van der Waals surface area contributed by atoms with Gasteiger partial charge in [0.15, 0.2) is 22.4 Å². The number of hydrogen-bond donors (Lipinski definition) is 0. The summed E-state index contributed by atoms with van der Waals surface area (Å²) in [6.45, 7) is 13.1. The lowest BCUT2D eigenvalue weighted by molar-refractivity contribution is 0.00370. The Balaban J connectivity index is 1.05. The molecule has 0 bridgehead atoms. The van der Waals surface area contributed by atoms with Gasteiger partial charge in [0.2, 0.25) is 0 Å². The second kappa shape index (κ2) is 21.6. The summed E-state index contributed by atoms with van der Waals surface area (Å²) in [5.74, 6) is 2.29. The van der Waals surface area contributed by atoms with Gasteiger partial charge in [0, 0.05) is 33.4 Å². The molecule has 1 spiro atoms. The number of rotatable bonds is 13. The fraction of sp³-hybridized carbons (Fsp3) is 0.189. The number of fused-ring (bicyclic) bond motifs is 5. The first-order valence-corrected chi connectivity index (χ1v) is 30.7. The van der Waals surface area contributed by atoms with E-state index in [0.29, 0.717) is 34.1 Å². The third-order valence-electron chi connectivity index (χ3n) is 16.7. The SMILES string of the molecule is COc1cc(-c2cc(OC)cc(C(C)(C)C)c2OP2OC(c3ccccc3)(c3ccccc3)C3(O2)c2ccccc2-c2ccccc23)c(OP2OC(c3ccccc3)(c3ccccc3)C(c3ccccc3)(c3ccccc3)O2)c(C(C)(C)C)c1. The van der Waals surface area contributed by atoms with E-state index in [1.807, 2.05) is 48.5 Å². The molecule has 3 aliphatic rings. The summed E-state index contributed by atoms with van der Waals surface area (Å²) in [4.78, 5) is 0. The molecule has 10 aromatic carbocycles. The quantitative estimate of drug-likeness (QED) is 0.106. The van der Waals surface area contributed by atoms with Crippen molar-refractivity contribution in [1.29, 1.82) is 0 Å². The topological polar surface area (TPSA) is 73.8 Å². The zero-order valence-corrected chi connectivity index (χ0v) is 50.2. The molecular weight excluding hydrogens is 1080 g/mol. The van der Waals surface area contributed by atoms with Crippen LogP contribution >= 0.6 is 17.2 Å². The van der Waals surface area contributed by atoms with Crippen LogP contribution in [-0.4, -0.2) is 14.2 Å². The summed E-state index contributed by atoms with van der Waals surface area (Å²) in [6.07, 6.45) is 0. The van der Waals surface area contributed by atoms with E-state index in [4.69, 9.17) is 36.6 Å². The molecule has 2 aliphatic heterocycles. The Labute approximate surface area is 495 Å². The summed E-state index contributed by atoms with van der Waals surface area (Å²) in [5.41, 5.74) is 6.45. The second-order valence-corrected chi connectivity index (χ2v) is 25.6. The molecule has 0 N–H and O–H groups in total. The molecule has 0 aromatic heterocycles. The Morgan fingerprint density at radius 2 is 0.548 bits per heavy atom. The minimum Gasteiger partial charge on any atom is -0.497 e. The lowest BCUT2D eigenvalue weighted by Crippen LogP contribution is -2.48. The molecule has 10 heteroatoms. The first-order valence-electron chi connectivity index (χ1n) is 28.5. The molecule has 0 saturated carbocycles. The van der Waals surface area contributed by atoms with Crippen LogP contribution in [0.2, 0.25) is 0 Å². The van der Waals surface area contributed by atoms with Crippen molar-refractivity contribution in [2.45, 2.75) is 74.8 Å². The van der Waals surface area contributed by atoms with E-state index < -0.39 is 50.4 Å². The first kappa shape index (κ1) is 55.3. The molecule has 2 saturated heterocycles. The van der Waals surface area contributed by atoms with Gasteiger partial charge in [0.25, 0.3) is 0 Å². The second-order valence-electron chi connectivity index (χ2n) is 23.6. The van der Waals surface area contributed by atoms with Crippen LogP contribution in [0.3, 0.4) is 0 Å².